The number of allylic oxidation sites excluding steroid dienone is 2. The second kappa shape index (κ2) is 4.14. The van der Waals surface area contributed by atoms with Gasteiger partial charge in [0, 0.05) is 12.6 Å². The molecule has 2 nitrogen and oxygen atoms in total. The summed E-state index contributed by atoms with van der Waals surface area (Å²) in [7, 11) is 0. The fourth-order valence-corrected chi connectivity index (χ4v) is 7.69. The normalized spacial score (nSPS) is 63.2. The molecule has 1 heterocycles. The first-order valence-electron chi connectivity index (χ1n) is 9.55. The smallest absolute Gasteiger partial charge is 0.0256 e. The van der Waals surface area contributed by atoms with E-state index in [0.717, 1.165) is 59.3 Å². The van der Waals surface area contributed by atoms with Crippen molar-refractivity contribution in [2.75, 3.05) is 6.54 Å². The molecule has 114 valence electrons. The van der Waals surface area contributed by atoms with Gasteiger partial charge >= 0.3 is 0 Å². The largest absolute Gasteiger partial charge is 0.257 e. The van der Waals surface area contributed by atoms with Gasteiger partial charge in [-0.1, -0.05) is 12.2 Å². The Hall–Kier alpha value is -0.340. The molecule has 0 aromatic carbocycles. The molecule has 0 bridgehead atoms. The van der Waals surface area contributed by atoms with Gasteiger partial charge in [-0.15, -0.1) is 0 Å². The third kappa shape index (κ3) is 1.56. The van der Waals surface area contributed by atoms with Gasteiger partial charge in [0.25, 0.3) is 0 Å². The number of nitrogens with one attached hydrogen (secondary N) is 2. The highest BCUT2D eigenvalue weighted by molar-refractivity contribution is 5.17. The first-order chi connectivity index (χ1) is 10.4. The van der Waals surface area contributed by atoms with E-state index in [1.54, 1.807) is 12.8 Å². The molecule has 0 aromatic rings. The monoisotopic (exact) mass is 284 g/mol. The van der Waals surface area contributed by atoms with Crippen LogP contribution in [0, 0.1) is 53.3 Å². The quantitative estimate of drug-likeness (QED) is 0.668. The van der Waals surface area contributed by atoms with Crippen molar-refractivity contribution < 1.29 is 0 Å². The molecule has 1 aliphatic heterocycles. The fraction of sp³-hybridized carbons (Fsp3) is 0.895. The minimum Gasteiger partial charge on any atom is -0.257 e. The van der Waals surface area contributed by atoms with E-state index in [4.69, 9.17) is 0 Å². The second-order valence-electron chi connectivity index (χ2n) is 9.07. The first kappa shape index (κ1) is 12.1. The maximum Gasteiger partial charge on any atom is 0.0256 e. The highest BCUT2D eigenvalue weighted by Crippen LogP contribution is 2.68. The summed E-state index contributed by atoms with van der Waals surface area (Å²) in [6.07, 6.45) is 14.3. The molecule has 0 amide bonds. The molecular weight excluding hydrogens is 256 g/mol. The lowest BCUT2D eigenvalue weighted by molar-refractivity contribution is -0.0309. The second-order valence-corrected chi connectivity index (χ2v) is 9.07. The molecule has 4 saturated carbocycles. The van der Waals surface area contributed by atoms with E-state index in [1.807, 2.05) is 0 Å². The van der Waals surface area contributed by atoms with E-state index in [9.17, 15) is 0 Å². The van der Waals surface area contributed by atoms with Crippen LogP contribution in [-0.4, -0.2) is 12.6 Å². The lowest BCUT2D eigenvalue weighted by Crippen LogP contribution is -2.49. The summed E-state index contributed by atoms with van der Waals surface area (Å²) >= 11 is 0. The summed E-state index contributed by atoms with van der Waals surface area (Å²) in [6, 6.07) is 0.798. The van der Waals surface area contributed by atoms with Crippen LogP contribution in [0.4, 0.5) is 0 Å². The number of fused-ring (bicyclic) bond motifs is 9. The van der Waals surface area contributed by atoms with E-state index in [0.29, 0.717) is 0 Å². The van der Waals surface area contributed by atoms with Crippen LogP contribution in [0.3, 0.4) is 0 Å². The van der Waals surface area contributed by atoms with Crippen LogP contribution in [0.5, 0.6) is 0 Å². The molecule has 2 N–H and O–H groups in total. The lowest BCUT2D eigenvalue weighted by Gasteiger charge is -2.53. The summed E-state index contributed by atoms with van der Waals surface area (Å²) in [5, 5.41) is 0. The van der Waals surface area contributed by atoms with Gasteiger partial charge in [-0.2, -0.15) is 0 Å². The topological polar surface area (TPSA) is 24.1 Å². The van der Waals surface area contributed by atoms with Crippen LogP contribution in [0.25, 0.3) is 0 Å². The zero-order chi connectivity index (χ0) is 13.6. The Labute approximate surface area is 128 Å². The number of hydrogen-bond donors (Lipinski definition) is 2. The molecule has 5 fully saturated rings. The first-order valence-corrected chi connectivity index (χ1v) is 9.55. The maximum absolute atomic E-state index is 3.58. The molecule has 0 radical (unpaired) electrons. The Morgan fingerprint density at radius 2 is 1.71 bits per heavy atom. The molecule has 6 rings (SSSR count). The fourth-order valence-electron chi connectivity index (χ4n) is 7.69. The van der Waals surface area contributed by atoms with E-state index >= 15 is 0 Å². The molecule has 21 heavy (non-hydrogen) atoms. The van der Waals surface area contributed by atoms with Gasteiger partial charge in [-0.05, 0) is 91.8 Å². The number of hydrogen-bond acceptors (Lipinski definition) is 2. The number of rotatable bonds is 0. The van der Waals surface area contributed by atoms with Gasteiger partial charge in [-0.25, -0.2) is 0 Å². The molecule has 5 aliphatic carbocycles. The predicted octanol–water partition coefficient (Wildman–Crippen LogP) is 2.97. The summed E-state index contributed by atoms with van der Waals surface area (Å²) < 4.78 is 0. The third-order valence-electron chi connectivity index (χ3n) is 8.51. The molecule has 10 unspecified atom stereocenters. The van der Waals surface area contributed by atoms with Crippen molar-refractivity contribution in [3.8, 4) is 0 Å². The average Bonchev–Trinajstić information content (AvgIpc) is 2.95. The van der Waals surface area contributed by atoms with Crippen LogP contribution in [0.2, 0.25) is 0 Å². The van der Waals surface area contributed by atoms with Crippen molar-refractivity contribution in [1.29, 1.82) is 0 Å². The van der Waals surface area contributed by atoms with Gasteiger partial charge in [0.15, 0.2) is 0 Å². The molecule has 0 spiro atoms. The van der Waals surface area contributed by atoms with Crippen molar-refractivity contribution >= 4 is 0 Å². The van der Waals surface area contributed by atoms with Crippen LogP contribution in [0.1, 0.15) is 38.5 Å². The molecular formula is C19H28N2. The third-order valence-corrected chi connectivity index (χ3v) is 8.51. The molecule has 1 saturated heterocycles. The van der Waals surface area contributed by atoms with Crippen molar-refractivity contribution in [1.82, 2.24) is 10.9 Å². The van der Waals surface area contributed by atoms with Gasteiger partial charge in [0.1, 0.15) is 0 Å². The Bertz CT molecular complexity index is 486. The van der Waals surface area contributed by atoms with Crippen molar-refractivity contribution in [3.05, 3.63) is 12.2 Å². The maximum atomic E-state index is 3.58. The zero-order valence-corrected chi connectivity index (χ0v) is 12.9. The highest BCUT2D eigenvalue weighted by Gasteiger charge is 2.63. The van der Waals surface area contributed by atoms with Crippen molar-refractivity contribution in [3.63, 3.8) is 0 Å². The average molecular weight is 284 g/mol. The highest BCUT2D eigenvalue weighted by atomic mass is 15.4. The summed E-state index contributed by atoms with van der Waals surface area (Å²) in [4.78, 5) is 0. The standard InChI is InChI=1S/C19H28N2/c1-2-10-4-5-13-14-6-11-9-20-21-18(11)8-16(14)15-7-17(15)19(13)12(10)3-1/h1,3,10-21H,2,4-9H2. The Balaban J connectivity index is 1.34. The van der Waals surface area contributed by atoms with Gasteiger partial charge in [0.05, 0.1) is 0 Å². The van der Waals surface area contributed by atoms with Crippen LogP contribution in [0.15, 0.2) is 12.2 Å². The van der Waals surface area contributed by atoms with E-state index in [2.05, 4.69) is 23.0 Å². The summed E-state index contributed by atoms with van der Waals surface area (Å²) in [5.74, 6) is 9.52. The molecule has 6 aliphatic rings. The van der Waals surface area contributed by atoms with E-state index in [-0.39, 0.29) is 0 Å². The minimum absolute atomic E-state index is 0.798. The molecule has 10 atom stereocenters. The Kier molecular flexibility index (Phi) is 2.39. The van der Waals surface area contributed by atoms with Crippen molar-refractivity contribution in [2.45, 2.75) is 44.6 Å². The molecule has 2 heteroatoms. The van der Waals surface area contributed by atoms with Gasteiger partial charge in [0.2, 0.25) is 0 Å². The lowest BCUT2D eigenvalue weighted by atomic mass is 9.52. The van der Waals surface area contributed by atoms with Gasteiger partial charge in [-0.3, -0.25) is 10.9 Å². The predicted molar refractivity (Wildman–Crippen MR) is 83.2 cm³/mol. The van der Waals surface area contributed by atoms with Gasteiger partial charge < -0.3 is 0 Å². The Morgan fingerprint density at radius 1 is 0.810 bits per heavy atom. The minimum atomic E-state index is 0.798. The number of hydrazine groups is 1. The van der Waals surface area contributed by atoms with Crippen molar-refractivity contribution in [2.24, 2.45) is 53.3 Å². The van der Waals surface area contributed by atoms with E-state index in [1.165, 1.54) is 32.2 Å². The SMILES string of the molecule is C1=CC2C(C1)CCC1C3CC4CNNC4CC3C3CC3C21. The Morgan fingerprint density at radius 3 is 2.71 bits per heavy atom. The van der Waals surface area contributed by atoms with Crippen LogP contribution in [-0.2, 0) is 0 Å². The van der Waals surface area contributed by atoms with E-state index < -0.39 is 0 Å². The molecule has 0 aromatic heterocycles. The van der Waals surface area contributed by atoms with Crippen LogP contribution >= 0.6 is 0 Å². The summed E-state index contributed by atoms with van der Waals surface area (Å²) in [6.45, 7) is 1.23. The zero-order valence-electron chi connectivity index (χ0n) is 12.9. The summed E-state index contributed by atoms with van der Waals surface area (Å²) in [5.41, 5.74) is 7.03. The van der Waals surface area contributed by atoms with Crippen LogP contribution < -0.4 is 10.9 Å².